The molecule has 0 bridgehead atoms. The van der Waals surface area contributed by atoms with Gasteiger partial charge in [-0.1, -0.05) is 59.3 Å². The van der Waals surface area contributed by atoms with Gasteiger partial charge in [-0.2, -0.15) is 0 Å². The van der Waals surface area contributed by atoms with Gasteiger partial charge in [0, 0.05) is 16.8 Å². The molecular weight excluding hydrogens is 314 g/mol. The minimum absolute atomic E-state index is 0.0993. The zero-order valence-electron chi connectivity index (χ0n) is 9.93. The quantitative estimate of drug-likeness (QED) is 0.877. The molecule has 0 saturated carbocycles. The third-order valence-electron chi connectivity index (χ3n) is 2.59. The third kappa shape index (κ3) is 2.91. The summed E-state index contributed by atoms with van der Waals surface area (Å²) in [6, 6.07) is 12.8. The first kappa shape index (κ1) is 13.5. The Morgan fingerprint density at radius 3 is 2.56 bits per heavy atom. The Morgan fingerprint density at radius 1 is 1.17 bits per heavy atom. The number of hydrogen-bond acceptors (Lipinski definition) is 2. The highest BCUT2D eigenvalue weighted by Crippen LogP contribution is 2.22. The van der Waals surface area contributed by atoms with Gasteiger partial charge in [0.15, 0.2) is 0 Å². The highest BCUT2D eigenvalue weighted by atomic mass is 79.9. The fraction of sp³-hybridized carbons (Fsp3) is 0.231. The minimum Gasteiger partial charge on any atom is -0.210 e. The average molecular weight is 328 g/mol. The molecule has 0 spiro atoms. The van der Waals surface area contributed by atoms with E-state index in [1.807, 2.05) is 37.3 Å². The number of halogens is 1. The molecule has 5 heteroatoms. The molecule has 0 fully saturated rings. The van der Waals surface area contributed by atoms with Gasteiger partial charge < -0.3 is 0 Å². The number of hydrogen-bond donors (Lipinski definition) is 1. The molecule has 0 heterocycles. The summed E-state index contributed by atoms with van der Waals surface area (Å²) in [5.74, 6) is 0. The summed E-state index contributed by atoms with van der Waals surface area (Å²) >= 11 is 3.32. The van der Waals surface area contributed by atoms with Crippen LogP contribution in [0.2, 0.25) is 0 Å². The Hall–Kier alpha value is -0.910. The lowest BCUT2D eigenvalue weighted by Crippen LogP contribution is -2.28. The maximum absolute atomic E-state index is 12.2. The molecule has 0 aliphatic rings. The highest BCUT2D eigenvalue weighted by Gasteiger charge is 2.16. The highest BCUT2D eigenvalue weighted by molar-refractivity contribution is 9.09. The van der Waals surface area contributed by atoms with Gasteiger partial charge in [-0.05, 0) is 11.5 Å². The van der Waals surface area contributed by atoms with Crippen LogP contribution in [0, 0.1) is 0 Å². The maximum Gasteiger partial charge on any atom is 0.241 e. The van der Waals surface area contributed by atoms with Gasteiger partial charge in [0.2, 0.25) is 10.0 Å². The predicted molar refractivity (Wildman–Crippen MR) is 77.5 cm³/mol. The Bertz CT molecular complexity index is 648. The van der Waals surface area contributed by atoms with Gasteiger partial charge in [-0.25, -0.2) is 13.1 Å². The zero-order chi connectivity index (χ0) is 13.2. The number of alkyl halides is 1. The molecule has 1 unspecified atom stereocenters. The van der Waals surface area contributed by atoms with Gasteiger partial charge in [-0.15, -0.1) is 0 Å². The van der Waals surface area contributed by atoms with Crippen LogP contribution in [0.5, 0.6) is 0 Å². The van der Waals surface area contributed by atoms with E-state index in [9.17, 15) is 8.42 Å². The van der Waals surface area contributed by atoms with Crippen molar-refractivity contribution in [2.24, 2.45) is 0 Å². The van der Waals surface area contributed by atoms with Crippen molar-refractivity contribution in [3.8, 4) is 0 Å². The molecule has 1 atom stereocenters. The number of rotatable bonds is 4. The number of fused-ring (bicyclic) bond motifs is 1. The van der Waals surface area contributed by atoms with Crippen LogP contribution in [-0.2, 0) is 10.0 Å². The standard InChI is InChI=1S/C13H14BrNO2S/c1-10(14)9-15-18(16,17)13-8-4-6-11-5-2-3-7-12(11)13/h2-8,10,15H,9H2,1H3. The Morgan fingerprint density at radius 2 is 1.83 bits per heavy atom. The van der Waals surface area contributed by atoms with Crippen molar-refractivity contribution < 1.29 is 8.42 Å². The Labute approximate surface area is 115 Å². The van der Waals surface area contributed by atoms with Crippen LogP contribution < -0.4 is 4.72 Å². The molecule has 96 valence electrons. The van der Waals surface area contributed by atoms with Crippen molar-refractivity contribution in [2.75, 3.05) is 6.54 Å². The number of nitrogens with one attached hydrogen (secondary N) is 1. The third-order valence-corrected chi connectivity index (χ3v) is 4.40. The van der Waals surface area contributed by atoms with E-state index in [1.54, 1.807) is 12.1 Å². The number of sulfonamides is 1. The van der Waals surface area contributed by atoms with E-state index >= 15 is 0 Å². The first-order valence-corrected chi connectivity index (χ1v) is 8.02. The summed E-state index contributed by atoms with van der Waals surface area (Å²) in [7, 11) is -3.46. The van der Waals surface area contributed by atoms with Gasteiger partial charge in [0.1, 0.15) is 0 Å². The van der Waals surface area contributed by atoms with Crippen LogP contribution in [0.4, 0.5) is 0 Å². The molecule has 18 heavy (non-hydrogen) atoms. The second-order valence-electron chi connectivity index (χ2n) is 4.11. The molecule has 2 rings (SSSR count). The van der Waals surface area contributed by atoms with Gasteiger partial charge in [0.25, 0.3) is 0 Å². The van der Waals surface area contributed by atoms with Crippen LogP contribution in [0.15, 0.2) is 47.4 Å². The monoisotopic (exact) mass is 327 g/mol. The van der Waals surface area contributed by atoms with E-state index in [0.29, 0.717) is 11.4 Å². The van der Waals surface area contributed by atoms with E-state index in [-0.39, 0.29) is 4.83 Å². The van der Waals surface area contributed by atoms with Crippen LogP contribution in [0.25, 0.3) is 10.8 Å². The van der Waals surface area contributed by atoms with Crippen molar-refractivity contribution in [3.63, 3.8) is 0 Å². The fourth-order valence-corrected chi connectivity index (χ4v) is 3.47. The van der Waals surface area contributed by atoms with Crippen LogP contribution in [0.1, 0.15) is 6.92 Å². The van der Waals surface area contributed by atoms with Crippen molar-refractivity contribution >= 4 is 36.7 Å². The average Bonchev–Trinajstić information content (AvgIpc) is 2.36. The largest absolute Gasteiger partial charge is 0.241 e. The molecule has 0 saturated heterocycles. The van der Waals surface area contributed by atoms with E-state index in [2.05, 4.69) is 20.7 Å². The molecular formula is C13H14BrNO2S. The van der Waals surface area contributed by atoms with Gasteiger partial charge >= 0.3 is 0 Å². The fourth-order valence-electron chi connectivity index (χ4n) is 1.73. The summed E-state index contributed by atoms with van der Waals surface area (Å²) in [5.41, 5.74) is 0. The normalized spacial score (nSPS) is 13.7. The molecule has 2 aromatic rings. The first-order chi connectivity index (χ1) is 8.50. The molecule has 0 aromatic heterocycles. The van der Waals surface area contributed by atoms with Crippen LogP contribution in [-0.4, -0.2) is 19.8 Å². The predicted octanol–water partition coefficient (Wildman–Crippen LogP) is 2.90. The van der Waals surface area contributed by atoms with Crippen molar-refractivity contribution in [2.45, 2.75) is 16.6 Å². The second kappa shape index (κ2) is 5.38. The molecule has 0 aliphatic carbocycles. The molecule has 2 aromatic carbocycles. The minimum atomic E-state index is -3.46. The van der Waals surface area contributed by atoms with Gasteiger partial charge in [0.05, 0.1) is 4.90 Å². The second-order valence-corrected chi connectivity index (χ2v) is 7.41. The SMILES string of the molecule is CC(Br)CNS(=O)(=O)c1cccc2ccccc12. The molecule has 0 radical (unpaired) electrons. The first-order valence-electron chi connectivity index (χ1n) is 5.62. The molecule has 0 aliphatic heterocycles. The van der Waals surface area contributed by atoms with Crippen molar-refractivity contribution in [3.05, 3.63) is 42.5 Å². The summed E-state index contributed by atoms with van der Waals surface area (Å²) in [6.45, 7) is 2.26. The molecule has 0 amide bonds. The van der Waals surface area contributed by atoms with Crippen LogP contribution in [0.3, 0.4) is 0 Å². The lowest BCUT2D eigenvalue weighted by atomic mass is 10.1. The van der Waals surface area contributed by atoms with E-state index in [4.69, 9.17) is 0 Å². The summed E-state index contributed by atoms with van der Waals surface area (Å²) in [6.07, 6.45) is 0. The Kier molecular flexibility index (Phi) is 4.04. The smallest absolute Gasteiger partial charge is 0.210 e. The summed E-state index contributed by atoms with van der Waals surface area (Å²) in [5, 5.41) is 1.67. The van der Waals surface area contributed by atoms with E-state index in [0.717, 1.165) is 10.8 Å². The maximum atomic E-state index is 12.2. The zero-order valence-corrected chi connectivity index (χ0v) is 12.3. The lowest BCUT2D eigenvalue weighted by molar-refractivity contribution is 0.582. The topological polar surface area (TPSA) is 46.2 Å². The van der Waals surface area contributed by atoms with Crippen molar-refractivity contribution in [1.29, 1.82) is 0 Å². The lowest BCUT2D eigenvalue weighted by Gasteiger charge is -2.10. The van der Waals surface area contributed by atoms with Crippen LogP contribution >= 0.6 is 15.9 Å². The van der Waals surface area contributed by atoms with E-state index < -0.39 is 10.0 Å². The summed E-state index contributed by atoms with van der Waals surface area (Å²) < 4.78 is 27.0. The summed E-state index contributed by atoms with van der Waals surface area (Å²) in [4.78, 5) is 0.427. The van der Waals surface area contributed by atoms with Crippen molar-refractivity contribution in [1.82, 2.24) is 4.72 Å². The van der Waals surface area contributed by atoms with E-state index in [1.165, 1.54) is 0 Å². The van der Waals surface area contributed by atoms with Gasteiger partial charge in [-0.3, -0.25) is 0 Å². The number of benzene rings is 2. The Balaban J connectivity index is 2.47. The molecule has 1 N–H and O–H groups in total. The molecule has 3 nitrogen and oxygen atoms in total.